The molecule has 4 saturated heterocycles. The summed E-state index contributed by atoms with van der Waals surface area (Å²) in [4.78, 5) is 8.25. The number of nitrogens with one attached hydrogen (secondary N) is 1. The Bertz CT molecular complexity index is 422. The lowest BCUT2D eigenvalue weighted by Gasteiger charge is -2.56. The smallest absolute Gasteiger partial charge is 0.0510 e. The van der Waals surface area contributed by atoms with Crippen molar-refractivity contribution in [2.45, 2.75) is 96.4 Å². The van der Waals surface area contributed by atoms with E-state index in [2.05, 4.69) is 61.6 Å². The van der Waals surface area contributed by atoms with Gasteiger partial charge in [0, 0.05) is 48.8 Å². The Kier molecular flexibility index (Phi) is 5.33. The first kappa shape index (κ1) is 18.6. The number of nitrogens with zero attached hydrogens (tertiary/aromatic N) is 3. The molecule has 0 radical (unpaired) electrons. The maximum atomic E-state index is 3.82. The number of hydrogen-bond donors (Lipinski definition) is 1. The summed E-state index contributed by atoms with van der Waals surface area (Å²) in [6.07, 6.45) is 5.46. The fourth-order valence-corrected chi connectivity index (χ4v) is 5.08. The second kappa shape index (κ2) is 6.86. The van der Waals surface area contributed by atoms with Crippen molar-refractivity contribution in [1.29, 1.82) is 0 Å². The van der Waals surface area contributed by atoms with Crippen LogP contribution in [0.5, 0.6) is 0 Å². The molecule has 24 heavy (non-hydrogen) atoms. The molecule has 0 aromatic carbocycles. The van der Waals surface area contributed by atoms with Gasteiger partial charge in [0.2, 0.25) is 0 Å². The maximum absolute atomic E-state index is 3.82. The minimum absolute atomic E-state index is 0.227. The summed E-state index contributed by atoms with van der Waals surface area (Å²) in [5, 5.41) is 3.82. The number of rotatable bonds is 3. The molecule has 0 saturated carbocycles. The lowest BCUT2D eigenvalue weighted by molar-refractivity contribution is -0.0827. The van der Waals surface area contributed by atoms with Gasteiger partial charge in [-0.2, -0.15) is 0 Å². The molecule has 4 nitrogen and oxygen atoms in total. The van der Waals surface area contributed by atoms with Gasteiger partial charge in [-0.15, -0.1) is 0 Å². The molecule has 2 bridgehead atoms. The predicted molar refractivity (Wildman–Crippen MR) is 102 cm³/mol. The first-order chi connectivity index (χ1) is 11.1. The van der Waals surface area contributed by atoms with Crippen LogP contribution in [0.4, 0.5) is 0 Å². The molecule has 0 aromatic rings. The molecule has 4 heterocycles. The van der Waals surface area contributed by atoms with Gasteiger partial charge in [0.1, 0.15) is 0 Å². The average molecular weight is 337 g/mol. The zero-order valence-corrected chi connectivity index (χ0v) is 16.9. The van der Waals surface area contributed by atoms with E-state index in [-0.39, 0.29) is 5.54 Å². The van der Waals surface area contributed by atoms with Gasteiger partial charge in [0.05, 0.1) is 6.67 Å². The molecule has 0 spiro atoms. The van der Waals surface area contributed by atoms with Gasteiger partial charge >= 0.3 is 0 Å². The van der Waals surface area contributed by atoms with E-state index in [1.54, 1.807) is 0 Å². The minimum atomic E-state index is 0.227. The molecular weight excluding hydrogens is 296 g/mol. The van der Waals surface area contributed by atoms with Crippen LogP contribution in [0.25, 0.3) is 0 Å². The second-order valence-electron chi connectivity index (χ2n) is 10.4. The zero-order valence-electron chi connectivity index (χ0n) is 16.9. The summed E-state index contributed by atoms with van der Waals surface area (Å²) in [7, 11) is 0. The highest BCUT2D eigenvalue weighted by Gasteiger charge is 2.43. The average Bonchev–Trinajstić information content (AvgIpc) is 2.45. The highest BCUT2D eigenvalue weighted by Crippen LogP contribution is 2.33. The van der Waals surface area contributed by atoms with Crippen molar-refractivity contribution in [3.8, 4) is 0 Å². The van der Waals surface area contributed by atoms with Crippen LogP contribution < -0.4 is 5.32 Å². The quantitative estimate of drug-likeness (QED) is 0.855. The number of fused-ring (bicyclic) bond motifs is 3. The van der Waals surface area contributed by atoms with E-state index in [1.165, 1.54) is 58.5 Å². The largest absolute Gasteiger partial charge is 0.308 e. The summed E-state index contributed by atoms with van der Waals surface area (Å²) >= 11 is 0. The fraction of sp³-hybridized carbons (Fsp3) is 1.00. The molecule has 0 aromatic heterocycles. The Labute approximate surface area is 149 Å². The van der Waals surface area contributed by atoms with Crippen LogP contribution in [0.2, 0.25) is 0 Å². The van der Waals surface area contributed by atoms with E-state index in [1.807, 2.05) is 0 Å². The van der Waals surface area contributed by atoms with Gasteiger partial charge in [-0.05, 0) is 73.8 Å². The first-order valence-electron chi connectivity index (χ1n) is 10.1. The highest BCUT2D eigenvalue weighted by molar-refractivity contribution is 4.99. The van der Waals surface area contributed by atoms with Gasteiger partial charge in [-0.25, -0.2) is 0 Å². The normalized spacial score (nSPS) is 34.0. The Morgan fingerprint density at radius 2 is 1.58 bits per heavy atom. The molecule has 4 aliphatic rings. The van der Waals surface area contributed by atoms with Crippen molar-refractivity contribution < 1.29 is 0 Å². The molecule has 1 N–H and O–H groups in total. The van der Waals surface area contributed by atoms with Crippen LogP contribution >= 0.6 is 0 Å². The minimum Gasteiger partial charge on any atom is -0.308 e. The first-order valence-corrected chi connectivity index (χ1v) is 10.1. The van der Waals surface area contributed by atoms with Gasteiger partial charge in [-0.1, -0.05) is 0 Å². The molecule has 0 aliphatic carbocycles. The van der Waals surface area contributed by atoms with E-state index in [0.717, 1.165) is 12.1 Å². The fourth-order valence-electron chi connectivity index (χ4n) is 5.08. The zero-order chi connectivity index (χ0) is 17.5. The third kappa shape index (κ3) is 4.51. The van der Waals surface area contributed by atoms with Crippen LogP contribution in [0.3, 0.4) is 0 Å². The third-order valence-electron chi connectivity index (χ3n) is 6.03. The SMILES string of the molecule is CC(C)(C)N[C@H]1CCCN(CN2CC3CCC2CN3C(C)(C)C)C1. The molecule has 4 rings (SSSR count). The monoisotopic (exact) mass is 336 g/mol. The predicted octanol–water partition coefficient (Wildman–Crippen LogP) is 2.74. The van der Waals surface area contributed by atoms with Gasteiger partial charge in [-0.3, -0.25) is 14.7 Å². The molecule has 4 fully saturated rings. The Hall–Kier alpha value is -0.160. The van der Waals surface area contributed by atoms with E-state index in [0.29, 0.717) is 11.6 Å². The lowest BCUT2D eigenvalue weighted by atomic mass is 9.87. The summed E-state index contributed by atoms with van der Waals surface area (Å²) in [6, 6.07) is 2.19. The van der Waals surface area contributed by atoms with Crippen LogP contribution in [0, 0.1) is 0 Å². The maximum Gasteiger partial charge on any atom is 0.0510 e. The Balaban J connectivity index is 1.54. The van der Waals surface area contributed by atoms with Crippen LogP contribution in [-0.2, 0) is 0 Å². The molecule has 3 atom stereocenters. The molecule has 4 aliphatic heterocycles. The van der Waals surface area contributed by atoms with Crippen molar-refractivity contribution in [3.05, 3.63) is 0 Å². The standard InChI is InChI=1S/C20H40N4/c1-19(2,3)21-16-8-7-11-22(12-16)15-23-13-18-10-9-17(23)14-24(18)20(4,5)6/h16-18,21H,7-15H2,1-6H3/t16-,17?,18?/m0/s1. The van der Waals surface area contributed by atoms with E-state index in [4.69, 9.17) is 0 Å². The summed E-state index contributed by atoms with van der Waals surface area (Å²) < 4.78 is 0. The summed E-state index contributed by atoms with van der Waals surface area (Å²) in [5.41, 5.74) is 0.549. The van der Waals surface area contributed by atoms with Crippen molar-refractivity contribution in [1.82, 2.24) is 20.0 Å². The van der Waals surface area contributed by atoms with Crippen LogP contribution in [0.15, 0.2) is 0 Å². The lowest BCUT2D eigenvalue weighted by Crippen LogP contribution is -2.68. The van der Waals surface area contributed by atoms with E-state index < -0.39 is 0 Å². The van der Waals surface area contributed by atoms with E-state index in [9.17, 15) is 0 Å². The van der Waals surface area contributed by atoms with Gasteiger partial charge in [0.15, 0.2) is 0 Å². The van der Waals surface area contributed by atoms with Crippen LogP contribution in [0.1, 0.15) is 67.2 Å². The number of piperidine rings is 3. The van der Waals surface area contributed by atoms with Crippen molar-refractivity contribution in [2.24, 2.45) is 0 Å². The van der Waals surface area contributed by atoms with Crippen molar-refractivity contribution in [3.63, 3.8) is 0 Å². The van der Waals surface area contributed by atoms with Crippen LogP contribution in [-0.4, -0.2) is 76.8 Å². The highest BCUT2D eigenvalue weighted by atomic mass is 15.4. The summed E-state index contributed by atoms with van der Waals surface area (Å²) in [6.45, 7) is 20.2. The molecule has 2 unspecified atom stereocenters. The number of piperazine rings is 1. The Morgan fingerprint density at radius 1 is 0.875 bits per heavy atom. The topological polar surface area (TPSA) is 21.8 Å². The summed E-state index contributed by atoms with van der Waals surface area (Å²) in [5.74, 6) is 0. The van der Waals surface area contributed by atoms with Crippen molar-refractivity contribution >= 4 is 0 Å². The molecule has 4 heteroatoms. The number of hydrogen-bond acceptors (Lipinski definition) is 4. The van der Waals surface area contributed by atoms with Gasteiger partial charge < -0.3 is 5.32 Å². The van der Waals surface area contributed by atoms with Crippen molar-refractivity contribution in [2.75, 3.05) is 32.8 Å². The molecular formula is C20H40N4. The van der Waals surface area contributed by atoms with E-state index >= 15 is 0 Å². The molecule has 140 valence electrons. The Morgan fingerprint density at radius 3 is 2.17 bits per heavy atom. The third-order valence-corrected chi connectivity index (χ3v) is 6.03. The second-order valence-corrected chi connectivity index (χ2v) is 10.4. The number of likely N-dealkylation sites (tertiary alicyclic amines) is 1. The molecule has 0 amide bonds. The van der Waals surface area contributed by atoms with Gasteiger partial charge in [0.25, 0.3) is 0 Å².